The molecule has 0 heterocycles. The van der Waals surface area contributed by atoms with Crippen molar-refractivity contribution in [3.8, 4) is 11.8 Å². The number of nitrogens with zero attached hydrogens (tertiary/aromatic N) is 1. The van der Waals surface area contributed by atoms with Gasteiger partial charge in [0, 0.05) is 5.56 Å². The second-order valence-electron chi connectivity index (χ2n) is 4.56. The Morgan fingerprint density at radius 2 is 2.00 bits per heavy atom. The maximum absolute atomic E-state index is 9.97. The third-order valence-corrected chi connectivity index (χ3v) is 3.12. The van der Waals surface area contributed by atoms with Gasteiger partial charge in [0.05, 0.1) is 17.7 Å². The van der Waals surface area contributed by atoms with Crippen molar-refractivity contribution in [1.82, 2.24) is 0 Å². The standard InChI is InChI=1S/C17H17NO2/c1-2-16(19)15-8-3-4-9-17(15)20-12-14-7-5-6-13(10-14)11-18/h3-10,16,19H,2,12H2,1H3. The minimum absolute atomic E-state index is 0.378. The van der Waals surface area contributed by atoms with E-state index in [1.807, 2.05) is 43.3 Å². The summed E-state index contributed by atoms with van der Waals surface area (Å²) in [5.74, 6) is 0.684. The number of rotatable bonds is 5. The first kappa shape index (κ1) is 14.1. The van der Waals surface area contributed by atoms with Crippen molar-refractivity contribution in [1.29, 1.82) is 5.26 Å². The Labute approximate surface area is 119 Å². The van der Waals surface area contributed by atoms with E-state index >= 15 is 0 Å². The number of aliphatic hydroxyl groups excluding tert-OH is 1. The molecular formula is C17H17NO2. The highest BCUT2D eigenvalue weighted by atomic mass is 16.5. The quantitative estimate of drug-likeness (QED) is 0.900. The van der Waals surface area contributed by atoms with Gasteiger partial charge in [0.1, 0.15) is 12.4 Å². The van der Waals surface area contributed by atoms with Gasteiger partial charge in [-0.2, -0.15) is 5.26 Å². The zero-order valence-electron chi connectivity index (χ0n) is 11.4. The van der Waals surface area contributed by atoms with Gasteiger partial charge in [-0.15, -0.1) is 0 Å². The molecule has 0 aromatic heterocycles. The molecule has 3 heteroatoms. The second-order valence-corrected chi connectivity index (χ2v) is 4.56. The van der Waals surface area contributed by atoms with E-state index in [2.05, 4.69) is 6.07 Å². The minimum atomic E-state index is -0.517. The first-order chi connectivity index (χ1) is 9.74. The molecule has 2 aromatic carbocycles. The topological polar surface area (TPSA) is 53.2 Å². The number of nitriles is 1. The van der Waals surface area contributed by atoms with Crippen molar-refractivity contribution >= 4 is 0 Å². The van der Waals surface area contributed by atoms with E-state index in [4.69, 9.17) is 10.00 Å². The number of aliphatic hydroxyl groups is 1. The highest BCUT2D eigenvalue weighted by Gasteiger charge is 2.11. The summed E-state index contributed by atoms with van der Waals surface area (Å²) in [4.78, 5) is 0. The molecule has 0 saturated heterocycles. The van der Waals surface area contributed by atoms with Crippen LogP contribution in [0.3, 0.4) is 0 Å². The lowest BCUT2D eigenvalue weighted by Gasteiger charge is -2.15. The fraction of sp³-hybridized carbons (Fsp3) is 0.235. The molecule has 2 rings (SSSR count). The van der Waals surface area contributed by atoms with Crippen LogP contribution in [0.5, 0.6) is 5.75 Å². The Hall–Kier alpha value is -2.31. The molecule has 0 aliphatic heterocycles. The molecule has 0 spiro atoms. The predicted molar refractivity (Wildman–Crippen MR) is 77.2 cm³/mol. The van der Waals surface area contributed by atoms with Crippen LogP contribution in [0.2, 0.25) is 0 Å². The maximum atomic E-state index is 9.97. The van der Waals surface area contributed by atoms with E-state index in [1.165, 1.54) is 0 Å². The molecule has 102 valence electrons. The van der Waals surface area contributed by atoms with Crippen LogP contribution in [-0.2, 0) is 6.61 Å². The molecule has 0 bridgehead atoms. The molecule has 1 N–H and O–H groups in total. The van der Waals surface area contributed by atoms with Crippen LogP contribution in [0.15, 0.2) is 48.5 Å². The van der Waals surface area contributed by atoms with E-state index in [-0.39, 0.29) is 0 Å². The van der Waals surface area contributed by atoms with Crippen LogP contribution >= 0.6 is 0 Å². The van der Waals surface area contributed by atoms with Crippen LogP contribution in [0.25, 0.3) is 0 Å². The van der Waals surface area contributed by atoms with Gasteiger partial charge in [-0.25, -0.2) is 0 Å². The molecule has 0 aliphatic carbocycles. The predicted octanol–water partition coefficient (Wildman–Crippen LogP) is 3.58. The minimum Gasteiger partial charge on any atom is -0.489 e. The summed E-state index contributed by atoms with van der Waals surface area (Å²) >= 11 is 0. The number of hydrogen-bond acceptors (Lipinski definition) is 3. The summed E-state index contributed by atoms with van der Waals surface area (Å²) in [5, 5.41) is 18.8. The van der Waals surface area contributed by atoms with Crippen LogP contribution < -0.4 is 4.74 Å². The van der Waals surface area contributed by atoms with Crippen molar-refractivity contribution in [3.05, 3.63) is 65.2 Å². The monoisotopic (exact) mass is 267 g/mol. The van der Waals surface area contributed by atoms with Crippen molar-refractivity contribution in [2.45, 2.75) is 26.1 Å². The van der Waals surface area contributed by atoms with Crippen molar-refractivity contribution in [2.75, 3.05) is 0 Å². The van der Waals surface area contributed by atoms with Crippen molar-refractivity contribution in [3.63, 3.8) is 0 Å². The van der Waals surface area contributed by atoms with E-state index in [9.17, 15) is 5.11 Å². The van der Waals surface area contributed by atoms with Crippen LogP contribution in [0, 0.1) is 11.3 Å². The molecule has 0 amide bonds. The van der Waals surface area contributed by atoms with E-state index in [1.54, 1.807) is 12.1 Å². The van der Waals surface area contributed by atoms with Crippen LogP contribution in [-0.4, -0.2) is 5.11 Å². The third-order valence-electron chi connectivity index (χ3n) is 3.12. The summed E-state index contributed by atoms with van der Waals surface area (Å²) in [7, 11) is 0. The number of ether oxygens (including phenoxy) is 1. The largest absolute Gasteiger partial charge is 0.489 e. The summed E-state index contributed by atoms with van der Waals surface area (Å²) in [6.07, 6.45) is 0.126. The Morgan fingerprint density at radius 3 is 2.75 bits per heavy atom. The first-order valence-corrected chi connectivity index (χ1v) is 6.63. The molecule has 1 atom stereocenters. The van der Waals surface area contributed by atoms with Crippen molar-refractivity contribution < 1.29 is 9.84 Å². The van der Waals surface area contributed by atoms with Gasteiger partial charge >= 0.3 is 0 Å². The van der Waals surface area contributed by atoms with Gasteiger partial charge in [-0.1, -0.05) is 37.3 Å². The van der Waals surface area contributed by atoms with Crippen LogP contribution in [0.4, 0.5) is 0 Å². The summed E-state index contributed by atoms with van der Waals surface area (Å²) in [5.41, 5.74) is 2.35. The zero-order chi connectivity index (χ0) is 14.4. The fourth-order valence-corrected chi connectivity index (χ4v) is 2.00. The summed E-state index contributed by atoms with van der Waals surface area (Å²) < 4.78 is 5.78. The third kappa shape index (κ3) is 3.37. The normalized spacial score (nSPS) is 11.7. The Kier molecular flexibility index (Phi) is 4.75. The molecular weight excluding hydrogens is 250 g/mol. The van der Waals surface area contributed by atoms with Gasteiger partial charge in [0.25, 0.3) is 0 Å². The zero-order valence-corrected chi connectivity index (χ0v) is 11.4. The number of para-hydroxylation sites is 1. The molecule has 1 unspecified atom stereocenters. The van der Waals surface area contributed by atoms with Gasteiger partial charge in [0.15, 0.2) is 0 Å². The lowest BCUT2D eigenvalue weighted by molar-refractivity contribution is 0.166. The Balaban J connectivity index is 2.13. The molecule has 0 fully saturated rings. The highest BCUT2D eigenvalue weighted by Crippen LogP contribution is 2.27. The summed E-state index contributed by atoms with van der Waals surface area (Å²) in [6.45, 7) is 2.31. The van der Waals surface area contributed by atoms with Crippen LogP contribution in [0.1, 0.15) is 36.1 Å². The second kappa shape index (κ2) is 6.74. The van der Waals surface area contributed by atoms with Gasteiger partial charge in [-0.3, -0.25) is 0 Å². The Morgan fingerprint density at radius 1 is 1.20 bits per heavy atom. The Bertz CT molecular complexity index is 616. The van der Waals surface area contributed by atoms with Gasteiger partial charge in [-0.05, 0) is 30.2 Å². The molecule has 3 nitrogen and oxygen atoms in total. The van der Waals surface area contributed by atoms with E-state index < -0.39 is 6.10 Å². The lowest BCUT2D eigenvalue weighted by Crippen LogP contribution is -2.02. The fourth-order valence-electron chi connectivity index (χ4n) is 2.00. The molecule has 0 aliphatic rings. The molecule has 20 heavy (non-hydrogen) atoms. The number of benzene rings is 2. The van der Waals surface area contributed by atoms with E-state index in [0.717, 1.165) is 11.1 Å². The molecule has 0 radical (unpaired) electrons. The molecule has 0 saturated carbocycles. The summed E-state index contributed by atoms with van der Waals surface area (Å²) in [6, 6.07) is 16.9. The van der Waals surface area contributed by atoms with Crippen molar-refractivity contribution in [2.24, 2.45) is 0 Å². The molecule has 2 aromatic rings. The lowest BCUT2D eigenvalue weighted by atomic mass is 10.1. The van der Waals surface area contributed by atoms with Gasteiger partial charge in [0.2, 0.25) is 0 Å². The number of hydrogen-bond donors (Lipinski definition) is 1. The van der Waals surface area contributed by atoms with E-state index in [0.29, 0.717) is 24.3 Å². The average molecular weight is 267 g/mol. The SMILES string of the molecule is CCC(O)c1ccccc1OCc1cccc(C#N)c1. The smallest absolute Gasteiger partial charge is 0.125 e. The maximum Gasteiger partial charge on any atom is 0.125 e. The highest BCUT2D eigenvalue weighted by molar-refractivity contribution is 5.36. The van der Waals surface area contributed by atoms with Gasteiger partial charge < -0.3 is 9.84 Å². The first-order valence-electron chi connectivity index (χ1n) is 6.63. The average Bonchev–Trinajstić information content (AvgIpc) is 2.52.